The first-order valence-corrected chi connectivity index (χ1v) is 11.0. The van der Waals surface area contributed by atoms with Gasteiger partial charge in [-0.25, -0.2) is 0 Å². The fourth-order valence-corrected chi connectivity index (χ4v) is 3.60. The molecule has 1 saturated heterocycles. The van der Waals surface area contributed by atoms with Gasteiger partial charge in [0.05, 0.1) is 6.04 Å². The highest BCUT2D eigenvalue weighted by molar-refractivity contribution is 14.0. The molecule has 0 radical (unpaired) electrons. The average molecular weight is 562 g/mol. The Labute approximate surface area is 207 Å². The summed E-state index contributed by atoms with van der Waals surface area (Å²) in [5.41, 5.74) is 1.13. The van der Waals surface area contributed by atoms with Gasteiger partial charge in [0, 0.05) is 64.0 Å². The maximum absolute atomic E-state index is 6.05. The first kappa shape index (κ1) is 25.9. The molecule has 1 unspecified atom stereocenters. The largest absolute Gasteiger partial charge is 0.381 e. The Balaban J connectivity index is 0.00000341. The second-order valence-electron chi connectivity index (χ2n) is 7.42. The van der Waals surface area contributed by atoms with Crippen molar-refractivity contribution in [2.45, 2.75) is 25.3 Å². The SMILES string of the molecule is CN=C(NCCCOCC1CCOCC1)NCC(c1ccc(Cl)cc1)n1cccn1.I. The van der Waals surface area contributed by atoms with Crippen LogP contribution in [0.4, 0.5) is 0 Å². The molecule has 1 aromatic carbocycles. The van der Waals surface area contributed by atoms with Crippen molar-refractivity contribution in [3.63, 3.8) is 0 Å². The topological polar surface area (TPSA) is 72.7 Å². The Morgan fingerprint density at radius 2 is 2.06 bits per heavy atom. The van der Waals surface area contributed by atoms with Crippen molar-refractivity contribution in [3.8, 4) is 0 Å². The molecule has 0 spiro atoms. The summed E-state index contributed by atoms with van der Waals surface area (Å²) in [6.45, 7) is 4.79. The highest BCUT2D eigenvalue weighted by atomic mass is 127. The Bertz CT molecular complexity index is 752. The molecule has 2 heterocycles. The molecule has 2 aromatic rings. The number of hydrogen-bond acceptors (Lipinski definition) is 4. The number of hydrogen-bond donors (Lipinski definition) is 2. The van der Waals surface area contributed by atoms with Crippen molar-refractivity contribution in [3.05, 3.63) is 53.3 Å². The zero-order valence-corrected chi connectivity index (χ0v) is 21.1. The average Bonchev–Trinajstić information content (AvgIpc) is 3.31. The molecule has 1 atom stereocenters. The standard InChI is InChI=1S/C22H32ClN5O2.HI/c1-24-22(25-10-3-13-30-17-18-8-14-29-15-9-18)26-16-21(28-12-2-11-27-28)19-4-6-20(23)7-5-19;/h2,4-7,11-12,18,21H,3,8-10,13-17H2,1H3,(H2,24,25,26);1H. The molecule has 0 aliphatic carbocycles. The summed E-state index contributed by atoms with van der Waals surface area (Å²) in [6, 6.07) is 9.83. The maximum atomic E-state index is 6.05. The second-order valence-corrected chi connectivity index (χ2v) is 7.85. The summed E-state index contributed by atoms with van der Waals surface area (Å²) >= 11 is 6.05. The van der Waals surface area contributed by atoms with E-state index in [9.17, 15) is 0 Å². The summed E-state index contributed by atoms with van der Waals surface area (Å²) in [7, 11) is 1.78. The van der Waals surface area contributed by atoms with Crippen LogP contribution in [0.25, 0.3) is 0 Å². The smallest absolute Gasteiger partial charge is 0.191 e. The van der Waals surface area contributed by atoms with Crippen LogP contribution >= 0.6 is 35.6 Å². The van der Waals surface area contributed by atoms with Gasteiger partial charge in [0.2, 0.25) is 0 Å². The summed E-state index contributed by atoms with van der Waals surface area (Å²) in [6.07, 6.45) is 6.91. The Hall–Kier alpha value is -1.36. The van der Waals surface area contributed by atoms with Crippen LogP contribution in [0.15, 0.2) is 47.7 Å². The number of ether oxygens (including phenoxy) is 2. The van der Waals surface area contributed by atoms with Gasteiger partial charge in [-0.15, -0.1) is 24.0 Å². The molecular weight excluding hydrogens is 529 g/mol. The van der Waals surface area contributed by atoms with E-state index in [1.807, 2.05) is 41.2 Å². The molecule has 1 aliphatic heterocycles. The third kappa shape index (κ3) is 8.96. The van der Waals surface area contributed by atoms with Crippen LogP contribution in [-0.4, -0.2) is 62.3 Å². The van der Waals surface area contributed by atoms with Gasteiger partial charge in [-0.1, -0.05) is 23.7 Å². The first-order chi connectivity index (χ1) is 14.8. The van der Waals surface area contributed by atoms with Crippen molar-refractivity contribution >= 4 is 41.5 Å². The van der Waals surface area contributed by atoms with E-state index in [1.54, 1.807) is 13.2 Å². The minimum absolute atomic E-state index is 0. The molecule has 1 aliphatic rings. The number of aliphatic imine (C=N–C) groups is 1. The lowest BCUT2D eigenvalue weighted by molar-refractivity contribution is 0.0203. The molecule has 2 N–H and O–H groups in total. The van der Waals surface area contributed by atoms with Crippen molar-refractivity contribution in [2.24, 2.45) is 10.9 Å². The fourth-order valence-electron chi connectivity index (χ4n) is 3.47. The third-order valence-corrected chi connectivity index (χ3v) is 5.49. The minimum atomic E-state index is 0. The summed E-state index contributed by atoms with van der Waals surface area (Å²) in [5.74, 6) is 1.42. The first-order valence-electron chi connectivity index (χ1n) is 10.6. The van der Waals surface area contributed by atoms with E-state index >= 15 is 0 Å². The number of nitrogens with zero attached hydrogens (tertiary/aromatic N) is 3. The van der Waals surface area contributed by atoms with Crippen LogP contribution in [-0.2, 0) is 9.47 Å². The number of benzene rings is 1. The number of nitrogens with one attached hydrogen (secondary N) is 2. The van der Waals surface area contributed by atoms with Crippen LogP contribution < -0.4 is 10.6 Å². The van der Waals surface area contributed by atoms with E-state index in [0.29, 0.717) is 12.5 Å². The lowest BCUT2D eigenvalue weighted by atomic mass is 10.0. The molecule has 3 rings (SSSR count). The van der Waals surface area contributed by atoms with Gasteiger partial charge in [-0.3, -0.25) is 9.67 Å². The molecule has 9 heteroatoms. The van der Waals surface area contributed by atoms with Gasteiger partial charge in [-0.2, -0.15) is 5.10 Å². The normalized spacial score (nSPS) is 15.9. The van der Waals surface area contributed by atoms with Crippen LogP contribution in [0.2, 0.25) is 5.02 Å². The number of rotatable bonds is 10. The number of aromatic nitrogens is 2. The molecule has 31 heavy (non-hydrogen) atoms. The van der Waals surface area contributed by atoms with E-state index in [0.717, 1.165) is 68.8 Å². The van der Waals surface area contributed by atoms with E-state index in [-0.39, 0.29) is 30.0 Å². The summed E-state index contributed by atoms with van der Waals surface area (Å²) in [4.78, 5) is 4.33. The van der Waals surface area contributed by atoms with Gasteiger partial charge in [-0.05, 0) is 48.9 Å². The van der Waals surface area contributed by atoms with Crippen LogP contribution in [0.3, 0.4) is 0 Å². The van der Waals surface area contributed by atoms with E-state index in [4.69, 9.17) is 21.1 Å². The quantitative estimate of drug-likeness (QED) is 0.200. The molecule has 7 nitrogen and oxygen atoms in total. The van der Waals surface area contributed by atoms with Crippen molar-refractivity contribution in [1.82, 2.24) is 20.4 Å². The van der Waals surface area contributed by atoms with E-state index in [1.165, 1.54) is 0 Å². The Kier molecular flexibility index (Phi) is 12.2. The highest BCUT2D eigenvalue weighted by Gasteiger charge is 2.15. The zero-order valence-electron chi connectivity index (χ0n) is 18.0. The van der Waals surface area contributed by atoms with Crippen molar-refractivity contribution < 1.29 is 9.47 Å². The number of guanidine groups is 1. The molecule has 0 bridgehead atoms. The molecule has 172 valence electrons. The van der Waals surface area contributed by atoms with Crippen molar-refractivity contribution in [2.75, 3.05) is 46.6 Å². The van der Waals surface area contributed by atoms with Gasteiger partial charge in [0.25, 0.3) is 0 Å². The third-order valence-electron chi connectivity index (χ3n) is 5.24. The number of halogens is 2. The molecule has 0 amide bonds. The van der Waals surface area contributed by atoms with Crippen molar-refractivity contribution in [1.29, 1.82) is 0 Å². The lowest BCUT2D eigenvalue weighted by Gasteiger charge is -2.22. The lowest BCUT2D eigenvalue weighted by Crippen LogP contribution is -2.41. The minimum Gasteiger partial charge on any atom is -0.381 e. The summed E-state index contributed by atoms with van der Waals surface area (Å²) in [5, 5.41) is 11.9. The Morgan fingerprint density at radius 1 is 1.29 bits per heavy atom. The molecule has 1 fully saturated rings. The zero-order chi connectivity index (χ0) is 21.0. The Morgan fingerprint density at radius 3 is 2.74 bits per heavy atom. The summed E-state index contributed by atoms with van der Waals surface area (Å²) < 4.78 is 13.1. The maximum Gasteiger partial charge on any atom is 0.191 e. The highest BCUT2D eigenvalue weighted by Crippen LogP contribution is 2.19. The van der Waals surface area contributed by atoms with E-state index in [2.05, 4.69) is 20.7 Å². The monoisotopic (exact) mass is 561 g/mol. The van der Waals surface area contributed by atoms with Gasteiger partial charge in [0.15, 0.2) is 5.96 Å². The predicted molar refractivity (Wildman–Crippen MR) is 136 cm³/mol. The molecule has 0 saturated carbocycles. The molecule has 1 aromatic heterocycles. The van der Waals surface area contributed by atoms with Crippen LogP contribution in [0.1, 0.15) is 30.9 Å². The van der Waals surface area contributed by atoms with E-state index < -0.39 is 0 Å². The van der Waals surface area contributed by atoms with Gasteiger partial charge >= 0.3 is 0 Å². The van der Waals surface area contributed by atoms with Gasteiger partial charge in [0.1, 0.15) is 0 Å². The molecular formula is C22H33ClIN5O2. The van der Waals surface area contributed by atoms with Crippen LogP contribution in [0.5, 0.6) is 0 Å². The fraction of sp³-hybridized carbons (Fsp3) is 0.545. The predicted octanol–water partition coefficient (Wildman–Crippen LogP) is 3.74. The van der Waals surface area contributed by atoms with Gasteiger partial charge < -0.3 is 20.1 Å². The van der Waals surface area contributed by atoms with Crippen LogP contribution in [0, 0.1) is 5.92 Å². The second kappa shape index (κ2) is 14.7.